The van der Waals surface area contributed by atoms with E-state index in [1.165, 1.54) is 0 Å². The molecule has 170 valence electrons. The summed E-state index contributed by atoms with van der Waals surface area (Å²) in [5.74, 6) is 0.240. The average molecular weight is 449 g/mol. The molecular weight excluding hydrogens is 416 g/mol. The Morgan fingerprint density at radius 2 is 1.81 bits per heavy atom. The zero-order valence-corrected chi connectivity index (χ0v) is 19.3. The van der Waals surface area contributed by atoms with Crippen LogP contribution in [0, 0.1) is 11.8 Å². The summed E-state index contributed by atoms with van der Waals surface area (Å²) in [6.07, 6.45) is 1.60. The van der Waals surface area contributed by atoms with Crippen molar-refractivity contribution in [3.8, 4) is 0 Å². The van der Waals surface area contributed by atoms with E-state index in [2.05, 4.69) is 0 Å². The molecule has 8 nitrogen and oxygen atoms in total. The second kappa shape index (κ2) is 10.5. The van der Waals surface area contributed by atoms with Crippen LogP contribution in [0.15, 0.2) is 29.2 Å². The van der Waals surface area contributed by atoms with Crippen LogP contribution in [0.3, 0.4) is 0 Å². The third-order valence-corrected chi connectivity index (χ3v) is 6.65. The Hall–Kier alpha value is -2.10. The molecule has 2 aliphatic rings. The van der Waals surface area contributed by atoms with E-state index in [1.807, 2.05) is 26.8 Å². The van der Waals surface area contributed by atoms with Gasteiger partial charge in [0.05, 0.1) is 12.5 Å². The van der Waals surface area contributed by atoms with Gasteiger partial charge < -0.3 is 19.3 Å². The molecule has 2 heterocycles. The molecule has 3 rings (SSSR count). The van der Waals surface area contributed by atoms with Gasteiger partial charge in [-0.25, -0.2) is 0 Å². The summed E-state index contributed by atoms with van der Waals surface area (Å²) >= 11 is 0.677. The molecule has 0 spiro atoms. The van der Waals surface area contributed by atoms with Gasteiger partial charge in [0, 0.05) is 69.8 Å². The van der Waals surface area contributed by atoms with E-state index < -0.39 is 0 Å². The number of carbonyl (C=O) groups is 3. The molecule has 2 saturated heterocycles. The minimum atomic E-state index is -0.160. The van der Waals surface area contributed by atoms with Gasteiger partial charge in [-0.3, -0.25) is 19.3 Å². The summed E-state index contributed by atoms with van der Waals surface area (Å²) in [5, 5.41) is 0. The van der Waals surface area contributed by atoms with Gasteiger partial charge in [0.25, 0.3) is 0 Å². The summed E-state index contributed by atoms with van der Waals surface area (Å²) in [6.45, 7) is 5.16. The lowest BCUT2D eigenvalue weighted by molar-refractivity contribution is -0.130. The maximum absolute atomic E-state index is 13.5. The molecule has 3 amide bonds. The van der Waals surface area contributed by atoms with Gasteiger partial charge in [0.1, 0.15) is 0 Å². The first-order chi connectivity index (χ1) is 14.8. The monoisotopic (exact) mass is 448 g/mol. The largest absolute Gasteiger partial charge is 0.348 e. The van der Waals surface area contributed by atoms with Crippen molar-refractivity contribution in [3.05, 3.63) is 24.3 Å². The van der Waals surface area contributed by atoms with E-state index in [9.17, 15) is 18.9 Å². The molecule has 1 aromatic carbocycles. The van der Waals surface area contributed by atoms with Crippen molar-refractivity contribution in [2.24, 2.45) is 11.8 Å². The molecule has 9 heteroatoms. The number of carbonyl (C=O) groups excluding carboxylic acids is 3. The van der Waals surface area contributed by atoms with E-state index in [-0.39, 0.29) is 29.6 Å². The van der Waals surface area contributed by atoms with Crippen molar-refractivity contribution in [1.29, 1.82) is 0 Å². The molecule has 0 aliphatic carbocycles. The lowest BCUT2D eigenvalue weighted by Crippen LogP contribution is -2.42. The Morgan fingerprint density at radius 3 is 2.39 bits per heavy atom. The third kappa shape index (κ3) is 5.99. The maximum atomic E-state index is 13.5. The highest BCUT2D eigenvalue weighted by Gasteiger charge is 2.35. The van der Waals surface area contributed by atoms with Crippen molar-refractivity contribution in [2.45, 2.75) is 24.7 Å². The quantitative estimate of drug-likeness (QED) is 0.641. The smallest absolute Gasteiger partial charge is 0.236 e. The number of anilines is 1. The minimum absolute atomic E-state index is 0.0392. The maximum Gasteiger partial charge on any atom is 0.236 e. The Morgan fingerprint density at radius 1 is 1.10 bits per heavy atom. The van der Waals surface area contributed by atoms with E-state index in [1.54, 1.807) is 38.1 Å². The van der Waals surface area contributed by atoms with Gasteiger partial charge in [-0.15, -0.1) is 0 Å². The van der Waals surface area contributed by atoms with Crippen LogP contribution in [-0.2, 0) is 14.4 Å². The van der Waals surface area contributed by atoms with Crippen LogP contribution in [0.1, 0.15) is 19.8 Å². The standard InChI is InChI=1S/C22H32N4O4S/c1-16(27)25-11-8-17(12-25)13-26(19-4-6-20(31-30)7-5-19)22(29)18-9-10-24(14-18)15-21(28)23(2)3/h4-7,17-18,30H,8-15H2,1-3H3. The van der Waals surface area contributed by atoms with E-state index in [4.69, 9.17) is 0 Å². The van der Waals surface area contributed by atoms with Crippen molar-refractivity contribution < 1.29 is 18.9 Å². The molecule has 0 bridgehead atoms. The van der Waals surface area contributed by atoms with Gasteiger partial charge in [0.2, 0.25) is 17.7 Å². The molecule has 1 N–H and O–H groups in total. The van der Waals surface area contributed by atoms with Crippen molar-refractivity contribution >= 4 is 35.5 Å². The molecule has 2 atom stereocenters. The number of likely N-dealkylation sites (tertiary alicyclic amines) is 2. The summed E-state index contributed by atoms with van der Waals surface area (Å²) in [4.78, 5) is 45.3. The lowest BCUT2D eigenvalue weighted by Gasteiger charge is -2.29. The van der Waals surface area contributed by atoms with E-state index in [0.29, 0.717) is 43.1 Å². The highest BCUT2D eigenvalue weighted by molar-refractivity contribution is 7.93. The van der Waals surface area contributed by atoms with Gasteiger partial charge in [-0.2, -0.15) is 0 Å². The van der Waals surface area contributed by atoms with Crippen molar-refractivity contribution in [1.82, 2.24) is 14.7 Å². The first-order valence-corrected chi connectivity index (χ1v) is 11.5. The summed E-state index contributed by atoms with van der Waals surface area (Å²) < 4.78 is 9.26. The molecule has 0 radical (unpaired) electrons. The number of hydrogen-bond donors (Lipinski definition) is 1. The zero-order chi connectivity index (χ0) is 22.5. The average Bonchev–Trinajstić information content (AvgIpc) is 3.41. The molecule has 2 unspecified atom stereocenters. The summed E-state index contributed by atoms with van der Waals surface area (Å²) in [6, 6.07) is 7.31. The minimum Gasteiger partial charge on any atom is -0.348 e. The number of amides is 3. The SMILES string of the molecule is CC(=O)N1CCC(CN(C(=O)C2CCN(CC(=O)N(C)C)C2)c2ccc(SO)cc2)C1. The highest BCUT2D eigenvalue weighted by atomic mass is 32.2. The van der Waals surface area contributed by atoms with Crippen LogP contribution in [0.5, 0.6) is 0 Å². The van der Waals surface area contributed by atoms with Crippen molar-refractivity contribution in [3.63, 3.8) is 0 Å². The fourth-order valence-electron chi connectivity index (χ4n) is 4.27. The Labute approximate surface area is 188 Å². The normalized spacial score (nSPS) is 21.4. The molecule has 1 aromatic rings. The Bertz CT molecular complexity index is 801. The van der Waals surface area contributed by atoms with Crippen LogP contribution in [0.25, 0.3) is 0 Å². The first-order valence-electron chi connectivity index (χ1n) is 10.7. The number of benzene rings is 1. The van der Waals surface area contributed by atoms with Crippen LogP contribution < -0.4 is 4.90 Å². The molecule has 31 heavy (non-hydrogen) atoms. The van der Waals surface area contributed by atoms with Crippen LogP contribution in [0.2, 0.25) is 0 Å². The number of rotatable bonds is 7. The fraction of sp³-hybridized carbons (Fsp3) is 0.591. The summed E-state index contributed by atoms with van der Waals surface area (Å²) in [5.41, 5.74) is 0.798. The number of likely N-dealkylation sites (N-methyl/N-ethyl adjacent to an activating group) is 1. The van der Waals surface area contributed by atoms with Crippen LogP contribution >= 0.6 is 12.0 Å². The van der Waals surface area contributed by atoms with Gasteiger partial charge >= 0.3 is 0 Å². The van der Waals surface area contributed by atoms with Gasteiger partial charge in [-0.1, -0.05) is 0 Å². The Balaban J connectivity index is 1.72. The molecule has 0 aromatic heterocycles. The van der Waals surface area contributed by atoms with E-state index in [0.717, 1.165) is 31.6 Å². The Kier molecular flexibility index (Phi) is 7.96. The molecule has 0 saturated carbocycles. The number of hydrogen-bond acceptors (Lipinski definition) is 6. The molecular formula is C22H32N4O4S. The van der Waals surface area contributed by atoms with Crippen molar-refractivity contribution in [2.75, 3.05) is 58.3 Å². The van der Waals surface area contributed by atoms with E-state index >= 15 is 0 Å². The zero-order valence-electron chi connectivity index (χ0n) is 18.5. The fourth-order valence-corrected chi connectivity index (χ4v) is 4.52. The topological polar surface area (TPSA) is 84.4 Å². The van der Waals surface area contributed by atoms with Gasteiger partial charge in [-0.05, 0) is 49.6 Å². The highest BCUT2D eigenvalue weighted by Crippen LogP contribution is 2.28. The van der Waals surface area contributed by atoms with Gasteiger partial charge in [0.15, 0.2) is 0 Å². The second-order valence-electron chi connectivity index (χ2n) is 8.66. The third-order valence-electron chi connectivity index (χ3n) is 6.17. The first kappa shape index (κ1) is 23.6. The molecule has 2 aliphatic heterocycles. The van der Waals surface area contributed by atoms with Crippen LogP contribution in [0.4, 0.5) is 5.69 Å². The molecule has 2 fully saturated rings. The summed E-state index contributed by atoms with van der Waals surface area (Å²) in [7, 11) is 3.48. The van der Waals surface area contributed by atoms with Crippen LogP contribution in [-0.4, -0.2) is 90.3 Å². The predicted octanol–water partition coefficient (Wildman–Crippen LogP) is 1.86. The number of nitrogens with zero attached hydrogens (tertiary/aromatic N) is 4. The predicted molar refractivity (Wildman–Crippen MR) is 121 cm³/mol. The second-order valence-corrected chi connectivity index (χ2v) is 9.32. The lowest BCUT2D eigenvalue weighted by atomic mass is 10.0.